The molecule has 1 spiro atoms. The van der Waals surface area contributed by atoms with E-state index in [9.17, 15) is 29.1 Å². The van der Waals surface area contributed by atoms with Crippen LogP contribution in [-0.4, -0.2) is 88.7 Å². The first-order chi connectivity index (χ1) is 23.2. The van der Waals surface area contributed by atoms with Crippen molar-refractivity contribution in [2.24, 2.45) is 11.3 Å². The third-order valence-corrected chi connectivity index (χ3v) is 10.6. The molecule has 1 aromatic carbocycles. The van der Waals surface area contributed by atoms with Crippen molar-refractivity contribution in [3.05, 3.63) is 29.3 Å². The molecule has 0 bridgehead atoms. The Hall–Kier alpha value is -3.22. The molecule has 1 aromatic rings. The normalized spacial score (nSPS) is 25.4. The molecule has 12 nitrogen and oxygen atoms in total. The second-order valence-corrected chi connectivity index (χ2v) is 16.0. The van der Waals surface area contributed by atoms with E-state index in [2.05, 4.69) is 16.0 Å². The first-order valence-electron chi connectivity index (χ1n) is 17.8. The summed E-state index contributed by atoms with van der Waals surface area (Å²) in [5.41, 5.74) is -2.89. The molecule has 5 atom stereocenters. The van der Waals surface area contributed by atoms with Gasteiger partial charge in [0.05, 0.1) is 13.1 Å². The molecule has 4 amide bonds. The van der Waals surface area contributed by atoms with Gasteiger partial charge in [0.1, 0.15) is 23.9 Å². The SMILES string of the molecule is CCC[C@@](NC(=O)[C@@H]1C[C@@]2(CN(c3cccc(Cl)c3)C(=O)O2)CN1C(=O)[C@@H](NC(=O)CC1CCCCC1)C(C)(C)C)(NC1CC1)C(O)C=O. The molecule has 0 radical (unpaired) electrons. The maximum atomic E-state index is 14.7. The summed E-state index contributed by atoms with van der Waals surface area (Å²) in [5.74, 6) is -1.00. The molecule has 13 heteroatoms. The lowest BCUT2D eigenvalue weighted by atomic mass is 9.84. The predicted molar refractivity (Wildman–Crippen MR) is 185 cm³/mol. The number of amides is 4. The summed E-state index contributed by atoms with van der Waals surface area (Å²) < 4.78 is 6.01. The first-order valence-corrected chi connectivity index (χ1v) is 18.2. The van der Waals surface area contributed by atoms with Crippen molar-refractivity contribution < 1.29 is 33.8 Å². The molecule has 2 heterocycles. The van der Waals surface area contributed by atoms with Gasteiger partial charge in [0.25, 0.3) is 0 Å². The summed E-state index contributed by atoms with van der Waals surface area (Å²) in [5, 5.41) is 20.6. The van der Waals surface area contributed by atoms with Crippen LogP contribution in [0, 0.1) is 11.3 Å². The molecule has 2 saturated heterocycles. The summed E-state index contributed by atoms with van der Waals surface area (Å²) >= 11 is 6.23. The number of benzene rings is 1. The Morgan fingerprint density at radius 2 is 1.84 bits per heavy atom. The molecule has 5 rings (SSSR count). The van der Waals surface area contributed by atoms with Crippen molar-refractivity contribution in [1.29, 1.82) is 0 Å². The van der Waals surface area contributed by atoms with Gasteiger partial charge in [-0.15, -0.1) is 0 Å². The Morgan fingerprint density at radius 3 is 2.45 bits per heavy atom. The number of aliphatic hydroxyl groups excluding tert-OH is 1. The van der Waals surface area contributed by atoms with Gasteiger partial charge in [-0.05, 0) is 61.6 Å². The van der Waals surface area contributed by atoms with Crippen LogP contribution in [0.5, 0.6) is 0 Å². The van der Waals surface area contributed by atoms with E-state index in [0.29, 0.717) is 29.8 Å². The number of aldehydes is 1. The summed E-state index contributed by atoms with van der Waals surface area (Å²) in [6.07, 6.45) is 6.34. The molecule has 2 aliphatic carbocycles. The Bertz CT molecular complexity index is 1410. The number of carbonyl (C=O) groups is 5. The number of hydrogen-bond donors (Lipinski definition) is 4. The van der Waals surface area contributed by atoms with Gasteiger partial charge < -0.3 is 30.2 Å². The second kappa shape index (κ2) is 14.9. The fourth-order valence-electron chi connectivity index (χ4n) is 7.64. The minimum Gasteiger partial charge on any atom is -0.439 e. The molecular weight excluding hydrogens is 650 g/mol. The van der Waals surface area contributed by atoms with Crippen LogP contribution in [0.1, 0.15) is 98.3 Å². The maximum absolute atomic E-state index is 14.7. The molecule has 4 aliphatic rings. The lowest BCUT2D eigenvalue weighted by molar-refractivity contribution is -0.145. The fourth-order valence-corrected chi connectivity index (χ4v) is 7.82. The minimum atomic E-state index is -1.54. The number of nitrogens with zero attached hydrogens (tertiary/aromatic N) is 2. The molecule has 1 unspecified atom stereocenters. The van der Waals surface area contributed by atoms with Crippen LogP contribution in [0.25, 0.3) is 0 Å². The highest BCUT2D eigenvalue weighted by molar-refractivity contribution is 6.30. The van der Waals surface area contributed by atoms with Crippen LogP contribution >= 0.6 is 11.6 Å². The Morgan fingerprint density at radius 1 is 1.12 bits per heavy atom. The average Bonchev–Trinajstić information content (AvgIpc) is 3.69. The van der Waals surface area contributed by atoms with E-state index in [1.54, 1.807) is 24.3 Å². The predicted octanol–water partition coefficient (Wildman–Crippen LogP) is 4.06. The van der Waals surface area contributed by atoms with E-state index in [0.717, 1.165) is 38.5 Å². The zero-order valence-corrected chi connectivity index (χ0v) is 29.9. The fraction of sp³-hybridized carbons (Fsp3) is 0.694. The standard InChI is InChI=1S/C36H52ClN5O7/c1-5-16-36(28(44)20-43,39-25-14-15-25)40-31(46)27-19-35(21-41(33(48)49-35)26-13-9-12-24(37)18-26)22-42(27)32(47)30(34(2,3)4)38-29(45)17-23-10-7-6-8-11-23/h9,12-13,18,20,23,25,27-28,30,39,44H,5-8,10-11,14-17,19,21-22H2,1-4H3,(H,38,45)(H,40,46)/t27-,28?,30+,35+,36-/m0/s1. The summed E-state index contributed by atoms with van der Waals surface area (Å²) in [7, 11) is 0. The van der Waals surface area contributed by atoms with E-state index in [4.69, 9.17) is 16.3 Å². The Labute approximate surface area is 294 Å². The second-order valence-electron chi connectivity index (χ2n) is 15.6. The lowest BCUT2D eigenvalue weighted by Gasteiger charge is -2.40. The molecule has 0 aromatic heterocycles. The van der Waals surface area contributed by atoms with Gasteiger partial charge in [-0.2, -0.15) is 0 Å². The minimum absolute atomic E-state index is 0.0247. The monoisotopic (exact) mass is 701 g/mol. The van der Waals surface area contributed by atoms with Gasteiger partial charge in [0.2, 0.25) is 17.7 Å². The van der Waals surface area contributed by atoms with Crippen molar-refractivity contribution in [3.63, 3.8) is 0 Å². The van der Waals surface area contributed by atoms with E-state index in [-0.39, 0.29) is 43.8 Å². The highest BCUT2D eigenvalue weighted by Gasteiger charge is 2.58. The maximum Gasteiger partial charge on any atom is 0.415 e. The number of likely N-dealkylation sites (tertiary alicyclic amines) is 1. The topological polar surface area (TPSA) is 157 Å². The Kier molecular flexibility index (Phi) is 11.3. The highest BCUT2D eigenvalue weighted by atomic mass is 35.5. The molecule has 4 fully saturated rings. The highest BCUT2D eigenvalue weighted by Crippen LogP contribution is 2.40. The number of rotatable bonds is 13. The van der Waals surface area contributed by atoms with Crippen molar-refractivity contribution in [2.45, 2.75) is 134 Å². The number of nitrogens with one attached hydrogen (secondary N) is 3. The van der Waals surface area contributed by atoms with E-state index in [1.807, 2.05) is 27.7 Å². The summed E-state index contributed by atoms with van der Waals surface area (Å²) in [6, 6.07) is 4.72. The molecular formula is C36H52ClN5O7. The molecule has 49 heavy (non-hydrogen) atoms. The number of aliphatic hydroxyl groups is 1. The van der Waals surface area contributed by atoms with E-state index >= 15 is 0 Å². The molecule has 2 saturated carbocycles. The van der Waals surface area contributed by atoms with Gasteiger partial charge in [0.15, 0.2) is 11.9 Å². The van der Waals surface area contributed by atoms with Crippen LogP contribution < -0.4 is 20.9 Å². The zero-order chi connectivity index (χ0) is 35.6. The number of carbonyl (C=O) groups excluding carboxylic acids is 5. The lowest BCUT2D eigenvalue weighted by Crippen LogP contribution is -2.69. The number of halogens is 1. The summed E-state index contributed by atoms with van der Waals surface area (Å²) in [6.45, 7) is 7.44. The number of hydrogen-bond acceptors (Lipinski definition) is 8. The van der Waals surface area contributed by atoms with Crippen LogP contribution in [-0.2, 0) is 23.9 Å². The molecule has 270 valence electrons. The van der Waals surface area contributed by atoms with Gasteiger partial charge in [-0.25, -0.2) is 4.79 Å². The average molecular weight is 702 g/mol. The van der Waals surface area contributed by atoms with Gasteiger partial charge in [-0.3, -0.25) is 24.6 Å². The Balaban J connectivity index is 1.45. The van der Waals surface area contributed by atoms with E-state index in [1.165, 1.54) is 16.2 Å². The van der Waals surface area contributed by atoms with Gasteiger partial charge in [0, 0.05) is 29.6 Å². The first kappa shape index (κ1) is 37.0. The largest absolute Gasteiger partial charge is 0.439 e. The van der Waals surface area contributed by atoms with Crippen LogP contribution in [0.3, 0.4) is 0 Å². The van der Waals surface area contributed by atoms with Crippen molar-refractivity contribution >= 4 is 47.4 Å². The van der Waals surface area contributed by atoms with Crippen molar-refractivity contribution in [2.75, 3.05) is 18.0 Å². The summed E-state index contributed by atoms with van der Waals surface area (Å²) in [4.78, 5) is 70.6. The smallest absolute Gasteiger partial charge is 0.415 e. The van der Waals surface area contributed by atoms with Gasteiger partial charge in [-0.1, -0.05) is 71.0 Å². The third-order valence-electron chi connectivity index (χ3n) is 10.4. The quantitative estimate of drug-likeness (QED) is 0.177. The van der Waals surface area contributed by atoms with Crippen molar-refractivity contribution in [3.8, 4) is 0 Å². The molecule has 4 N–H and O–H groups in total. The number of anilines is 1. The van der Waals surface area contributed by atoms with Gasteiger partial charge >= 0.3 is 6.09 Å². The van der Waals surface area contributed by atoms with Crippen LogP contribution in [0.4, 0.5) is 10.5 Å². The third kappa shape index (κ3) is 8.57. The van der Waals surface area contributed by atoms with E-state index < -0.39 is 52.8 Å². The molecule has 2 aliphatic heterocycles. The van der Waals surface area contributed by atoms with Crippen molar-refractivity contribution in [1.82, 2.24) is 20.9 Å². The number of ether oxygens (including phenoxy) is 1. The van der Waals surface area contributed by atoms with Crippen LogP contribution in [0.15, 0.2) is 24.3 Å². The zero-order valence-electron chi connectivity index (χ0n) is 29.1. The van der Waals surface area contributed by atoms with Crippen LogP contribution in [0.2, 0.25) is 5.02 Å².